The van der Waals surface area contributed by atoms with Crippen LogP contribution in [0.4, 0.5) is 10.5 Å². The fourth-order valence-electron chi connectivity index (χ4n) is 3.11. The normalized spacial score (nSPS) is 15.1. The summed E-state index contributed by atoms with van der Waals surface area (Å²) in [5.74, 6) is -0.376. The number of amides is 2. The highest BCUT2D eigenvalue weighted by atomic mass is 35.5. The standard InChI is InChI=1S/C20H24ClN3O4S/c1-24-9-7-13-3-4-15(11-14(13)8-10-24)22-19(25)16(12-27-2)23-20(26)28-18-6-5-17(21)29-18/h3-6,11,16H,7-10,12H2,1-2H3,(H,22,25)(H,23,26). The average Bonchev–Trinajstić information content (AvgIpc) is 2.99. The maximum absolute atomic E-state index is 12.7. The van der Waals surface area contributed by atoms with E-state index in [2.05, 4.69) is 28.6 Å². The Morgan fingerprint density at radius 1 is 1.21 bits per heavy atom. The maximum atomic E-state index is 12.7. The van der Waals surface area contributed by atoms with Crippen molar-refractivity contribution < 1.29 is 19.1 Å². The van der Waals surface area contributed by atoms with Crippen molar-refractivity contribution in [2.24, 2.45) is 0 Å². The quantitative estimate of drug-likeness (QED) is 0.725. The SMILES string of the molecule is COCC(NC(=O)Oc1ccc(Cl)s1)C(=O)Nc1ccc2c(c1)CCN(C)CC2. The summed E-state index contributed by atoms with van der Waals surface area (Å²) in [5.41, 5.74) is 3.23. The number of anilines is 1. The first kappa shape index (κ1) is 21.6. The molecule has 0 saturated heterocycles. The van der Waals surface area contributed by atoms with Gasteiger partial charge in [0.05, 0.1) is 10.9 Å². The van der Waals surface area contributed by atoms with E-state index in [9.17, 15) is 9.59 Å². The molecule has 1 atom stereocenters. The molecule has 7 nitrogen and oxygen atoms in total. The molecule has 0 bridgehead atoms. The molecule has 2 heterocycles. The van der Waals surface area contributed by atoms with Crippen molar-refractivity contribution in [3.05, 3.63) is 45.8 Å². The molecule has 2 N–H and O–H groups in total. The first-order valence-corrected chi connectivity index (χ1v) is 10.5. The zero-order valence-corrected chi connectivity index (χ0v) is 17.9. The molecule has 9 heteroatoms. The predicted molar refractivity (Wildman–Crippen MR) is 114 cm³/mol. The Labute approximate surface area is 178 Å². The Morgan fingerprint density at radius 3 is 2.66 bits per heavy atom. The summed E-state index contributed by atoms with van der Waals surface area (Å²) < 4.78 is 10.7. The molecular weight excluding hydrogens is 414 g/mol. The largest absolute Gasteiger partial charge is 0.414 e. The first-order chi connectivity index (χ1) is 13.9. The molecule has 1 aliphatic rings. The Kier molecular flexibility index (Phi) is 7.49. The second kappa shape index (κ2) is 10.1. The lowest BCUT2D eigenvalue weighted by molar-refractivity contribution is -0.119. The van der Waals surface area contributed by atoms with Crippen LogP contribution in [-0.4, -0.2) is 56.8 Å². The topological polar surface area (TPSA) is 79.9 Å². The van der Waals surface area contributed by atoms with Crippen molar-refractivity contribution in [3.8, 4) is 5.06 Å². The molecule has 3 rings (SSSR count). The van der Waals surface area contributed by atoms with E-state index in [0.717, 1.165) is 37.3 Å². The molecule has 1 aromatic carbocycles. The highest BCUT2D eigenvalue weighted by molar-refractivity contribution is 7.17. The molecule has 0 saturated carbocycles. The molecule has 1 aromatic heterocycles. The Hall–Kier alpha value is -2.13. The zero-order valence-electron chi connectivity index (χ0n) is 16.4. The second-order valence-electron chi connectivity index (χ2n) is 6.88. The minimum Gasteiger partial charge on any atom is -0.399 e. The number of thiophene rings is 1. The van der Waals surface area contributed by atoms with Gasteiger partial charge in [0.15, 0.2) is 5.06 Å². The fourth-order valence-corrected chi connectivity index (χ4v) is 3.98. The van der Waals surface area contributed by atoms with Crippen LogP contribution in [0.15, 0.2) is 30.3 Å². The summed E-state index contributed by atoms with van der Waals surface area (Å²) in [6, 6.07) is 8.26. The number of carbonyl (C=O) groups excluding carboxylic acids is 2. The summed E-state index contributed by atoms with van der Waals surface area (Å²) in [7, 11) is 3.57. The van der Waals surface area contributed by atoms with Crippen molar-refractivity contribution in [2.45, 2.75) is 18.9 Å². The molecule has 2 amide bonds. The van der Waals surface area contributed by atoms with Gasteiger partial charge in [-0.05, 0) is 55.3 Å². The van der Waals surface area contributed by atoms with Gasteiger partial charge in [-0.1, -0.05) is 29.0 Å². The number of nitrogens with one attached hydrogen (secondary N) is 2. The van der Waals surface area contributed by atoms with Gasteiger partial charge in [-0.25, -0.2) is 4.79 Å². The van der Waals surface area contributed by atoms with Gasteiger partial charge >= 0.3 is 6.09 Å². The lowest BCUT2D eigenvalue weighted by Gasteiger charge is -2.18. The Morgan fingerprint density at radius 2 is 1.97 bits per heavy atom. The van der Waals surface area contributed by atoms with Crippen molar-refractivity contribution in [1.29, 1.82) is 0 Å². The maximum Gasteiger partial charge on any atom is 0.414 e. The molecule has 0 spiro atoms. The van der Waals surface area contributed by atoms with Crippen LogP contribution in [0.2, 0.25) is 4.34 Å². The third-order valence-electron chi connectivity index (χ3n) is 4.68. The first-order valence-electron chi connectivity index (χ1n) is 9.28. The number of rotatable bonds is 6. The molecule has 0 fully saturated rings. The van der Waals surface area contributed by atoms with Crippen LogP contribution in [0.25, 0.3) is 0 Å². The molecule has 156 valence electrons. The van der Waals surface area contributed by atoms with Crippen LogP contribution in [0.1, 0.15) is 11.1 Å². The van der Waals surface area contributed by atoms with Crippen molar-refractivity contribution in [1.82, 2.24) is 10.2 Å². The second-order valence-corrected chi connectivity index (χ2v) is 8.55. The number of fused-ring (bicyclic) bond motifs is 1. The van der Waals surface area contributed by atoms with Crippen LogP contribution >= 0.6 is 22.9 Å². The van der Waals surface area contributed by atoms with E-state index in [0.29, 0.717) is 15.1 Å². The van der Waals surface area contributed by atoms with E-state index in [1.165, 1.54) is 18.2 Å². The minimum atomic E-state index is -0.895. The molecule has 1 unspecified atom stereocenters. The van der Waals surface area contributed by atoms with E-state index < -0.39 is 12.1 Å². The van der Waals surface area contributed by atoms with Gasteiger partial charge in [0, 0.05) is 25.9 Å². The highest BCUT2D eigenvalue weighted by Gasteiger charge is 2.23. The lowest BCUT2D eigenvalue weighted by atomic mass is 10.0. The summed E-state index contributed by atoms with van der Waals surface area (Å²) in [6.45, 7) is 2.02. The number of nitrogens with zero attached hydrogens (tertiary/aromatic N) is 1. The fraction of sp³-hybridized carbons (Fsp3) is 0.400. The number of halogens is 1. The number of benzene rings is 1. The van der Waals surface area contributed by atoms with Gasteiger partial charge in [0.1, 0.15) is 6.04 Å². The van der Waals surface area contributed by atoms with Gasteiger partial charge in [-0.3, -0.25) is 4.79 Å². The smallest absolute Gasteiger partial charge is 0.399 e. The van der Waals surface area contributed by atoms with Gasteiger partial charge in [0.25, 0.3) is 0 Å². The van der Waals surface area contributed by atoms with E-state index in [4.69, 9.17) is 21.1 Å². The number of hydrogen-bond acceptors (Lipinski definition) is 6. The van der Waals surface area contributed by atoms with Crippen molar-refractivity contribution in [2.75, 3.05) is 39.2 Å². The monoisotopic (exact) mass is 437 g/mol. The van der Waals surface area contributed by atoms with Crippen LogP contribution < -0.4 is 15.4 Å². The van der Waals surface area contributed by atoms with E-state index in [1.54, 1.807) is 12.1 Å². The van der Waals surface area contributed by atoms with Crippen LogP contribution in [0, 0.1) is 0 Å². The molecule has 2 aromatic rings. The minimum absolute atomic E-state index is 0.0157. The van der Waals surface area contributed by atoms with Crippen LogP contribution in [0.3, 0.4) is 0 Å². The molecule has 0 radical (unpaired) electrons. The summed E-state index contributed by atoms with van der Waals surface area (Å²) in [5, 5.41) is 5.74. The van der Waals surface area contributed by atoms with Crippen LogP contribution in [0.5, 0.6) is 5.06 Å². The summed E-state index contributed by atoms with van der Waals surface area (Å²) >= 11 is 6.96. The summed E-state index contributed by atoms with van der Waals surface area (Å²) in [6.07, 6.45) is 1.18. The number of carbonyl (C=O) groups is 2. The number of likely N-dealkylation sites (N-methyl/N-ethyl adjacent to an activating group) is 1. The van der Waals surface area contributed by atoms with Crippen molar-refractivity contribution >= 4 is 40.6 Å². The Balaban J connectivity index is 1.62. The third-order valence-corrected chi connectivity index (χ3v) is 5.79. The van der Waals surface area contributed by atoms with Gasteiger partial charge in [-0.15, -0.1) is 0 Å². The van der Waals surface area contributed by atoms with Crippen molar-refractivity contribution in [3.63, 3.8) is 0 Å². The van der Waals surface area contributed by atoms with Gasteiger partial charge in [0.2, 0.25) is 5.91 Å². The number of hydrogen-bond donors (Lipinski definition) is 2. The lowest BCUT2D eigenvalue weighted by Crippen LogP contribution is -2.47. The molecular formula is C20H24ClN3O4S. The Bertz CT molecular complexity index is 873. The highest BCUT2D eigenvalue weighted by Crippen LogP contribution is 2.28. The number of methoxy groups -OCH3 is 1. The molecule has 1 aliphatic heterocycles. The van der Waals surface area contributed by atoms with E-state index in [-0.39, 0.29) is 12.5 Å². The molecule has 29 heavy (non-hydrogen) atoms. The third kappa shape index (κ3) is 6.17. The van der Waals surface area contributed by atoms with Crippen LogP contribution in [-0.2, 0) is 22.4 Å². The van der Waals surface area contributed by atoms with Gasteiger partial charge < -0.3 is 25.0 Å². The molecule has 0 aliphatic carbocycles. The summed E-state index contributed by atoms with van der Waals surface area (Å²) in [4.78, 5) is 27.1. The zero-order chi connectivity index (χ0) is 20.8. The number of ether oxygens (including phenoxy) is 2. The van der Waals surface area contributed by atoms with Gasteiger partial charge in [-0.2, -0.15) is 0 Å². The van der Waals surface area contributed by atoms with E-state index >= 15 is 0 Å². The average molecular weight is 438 g/mol. The predicted octanol–water partition coefficient (Wildman–Crippen LogP) is 3.17. The van der Waals surface area contributed by atoms with E-state index in [1.807, 2.05) is 12.1 Å².